The first-order chi connectivity index (χ1) is 10.7. The monoisotopic (exact) mass is 309 g/mol. The van der Waals surface area contributed by atoms with Crippen LogP contribution in [0.15, 0.2) is 71.5 Å². The zero-order valence-electron chi connectivity index (χ0n) is 11.9. The van der Waals surface area contributed by atoms with E-state index >= 15 is 0 Å². The second-order valence-electron chi connectivity index (χ2n) is 4.97. The Morgan fingerprint density at radius 1 is 0.955 bits per heavy atom. The zero-order chi connectivity index (χ0) is 15.4. The molecule has 2 aromatic carbocycles. The fourth-order valence-corrected chi connectivity index (χ4v) is 3.16. The minimum absolute atomic E-state index is 0.0961. The third-order valence-electron chi connectivity index (χ3n) is 3.42. The van der Waals surface area contributed by atoms with Gasteiger partial charge in [-0.25, -0.2) is 0 Å². The van der Waals surface area contributed by atoms with E-state index in [-0.39, 0.29) is 11.3 Å². The summed E-state index contributed by atoms with van der Waals surface area (Å²) in [6.45, 7) is 0.593. The molecule has 4 heteroatoms. The van der Waals surface area contributed by atoms with Gasteiger partial charge in [-0.1, -0.05) is 72.2 Å². The van der Waals surface area contributed by atoms with E-state index in [1.165, 1.54) is 23.2 Å². The molecule has 0 bridgehead atoms. The number of hydrogen-bond acceptors (Lipinski definition) is 3. The lowest BCUT2D eigenvalue weighted by atomic mass is 10.1. The van der Waals surface area contributed by atoms with E-state index in [4.69, 9.17) is 0 Å². The fraction of sp³-hybridized carbons (Fsp3) is 0.111. The number of hydrogen-bond donors (Lipinski definition) is 0. The van der Waals surface area contributed by atoms with Crippen LogP contribution in [-0.4, -0.2) is 9.74 Å². The molecule has 3 aromatic rings. The van der Waals surface area contributed by atoms with Crippen molar-refractivity contribution in [3.05, 3.63) is 93.1 Å². The van der Waals surface area contributed by atoms with E-state index in [0.29, 0.717) is 17.0 Å². The summed E-state index contributed by atoms with van der Waals surface area (Å²) >= 11 is 1.24. The lowest BCUT2D eigenvalue weighted by Gasteiger charge is -2.01. The third-order valence-corrected chi connectivity index (χ3v) is 4.50. The average molecular weight is 309 g/mol. The average Bonchev–Trinajstić information content (AvgIpc) is 2.95. The van der Waals surface area contributed by atoms with Crippen LogP contribution in [0.5, 0.6) is 0 Å². The van der Waals surface area contributed by atoms with Crippen LogP contribution in [0.1, 0.15) is 20.8 Å². The van der Waals surface area contributed by atoms with Gasteiger partial charge in [-0.2, -0.15) is 0 Å². The maximum Gasteiger partial charge on any atom is 0.261 e. The van der Waals surface area contributed by atoms with Crippen molar-refractivity contribution < 1.29 is 4.79 Å². The Morgan fingerprint density at radius 2 is 1.59 bits per heavy atom. The van der Waals surface area contributed by atoms with Crippen LogP contribution < -0.4 is 5.56 Å². The maximum absolute atomic E-state index is 12.3. The molecule has 0 saturated heterocycles. The summed E-state index contributed by atoms with van der Waals surface area (Å²) in [5.41, 5.74) is 1.68. The number of aromatic nitrogens is 1. The molecule has 0 spiro atoms. The second-order valence-corrected chi connectivity index (χ2v) is 6.03. The largest absolute Gasteiger partial charge is 0.288 e. The van der Waals surface area contributed by atoms with Crippen molar-refractivity contribution in [2.45, 2.75) is 13.0 Å². The summed E-state index contributed by atoms with van der Waals surface area (Å²) in [6, 6.07) is 20.5. The van der Waals surface area contributed by atoms with E-state index < -0.39 is 0 Å². The van der Waals surface area contributed by atoms with Gasteiger partial charge in [0.15, 0.2) is 0 Å². The lowest BCUT2D eigenvalue weighted by Crippen LogP contribution is -2.13. The molecule has 3 nitrogen and oxygen atoms in total. The summed E-state index contributed by atoms with van der Waals surface area (Å²) in [5.74, 6) is -0.0961. The van der Waals surface area contributed by atoms with Crippen molar-refractivity contribution in [2.75, 3.05) is 0 Å². The smallest absolute Gasteiger partial charge is 0.261 e. The van der Waals surface area contributed by atoms with Gasteiger partial charge in [0.05, 0.1) is 4.88 Å². The number of nitrogens with zero attached hydrogens (tertiary/aromatic N) is 1. The predicted octanol–water partition coefficient (Wildman–Crippen LogP) is 3.38. The maximum atomic E-state index is 12.3. The Morgan fingerprint density at radius 3 is 2.27 bits per heavy atom. The van der Waals surface area contributed by atoms with Crippen LogP contribution in [0.4, 0.5) is 0 Å². The SMILES string of the molecule is O=C(c1ccccc1)c1cc(=O)n(CCc2ccccc2)s1. The molecule has 0 aliphatic rings. The minimum Gasteiger partial charge on any atom is -0.288 e. The van der Waals surface area contributed by atoms with Crippen LogP contribution in [0.3, 0.4) is 0 Å². The quantitative estimate of drug-likeness (QED) is 0.678. The van der Waals surface area contributed by atoms with Gasteiger partial charge >= 0.3 is 0 Å². The topological polar surface area (TPSA) is 39.1 Å². The fourth-order valence-electron chi connectivity index (χ4n) is 2.24. The van der Waals surface area contributed by atoms with Crippen molar-refractivity contribution in [1.29, 1.82) is 0 Å². The molecule has 1 aromatic heterocycles. The van der Waals surface area contributed by atoms with Crippen molar-refractivity contribution in [1.82, 2.24) is 3.96 Å². The Hall–Kier alpha value is -2.46. The number of aryl methyl sites for hydroxylation is 2. The molecule has 0 saturated carbocycles. The molecule has 22 heavy (non-hydrogen) atoms. The summed E-state index contributed by atoms with van der Waals surface area (Å²) < 4.78 is 1.64. The Labute approximate surface area is 132 Å². The number of rotatable bonds is 5. The normalized spacial score (nSPS) is 10.5. The first-order valence-corrected chi connectivity index (χ1v) is 7.86. The van der Waals surface area contributed by atoms with Crippen LogP contribution in [0, 0.1) is 0 Å². The standard InChI is InChI=1S/C18H15NO2S/c20-17-13-16(18(21)15-9-5-2-6-10-15)22-19(17)12-11-14-7-3-1-4-8-14/h1-10,13H,11-12H2. The molecule has 0 aliphatic heterocycles. The lowest BCUT2D eigenvalue weighted by molar-refractivity contribution is 0.104. The molecule has 0 radical (unpaired) electrons. The Bertz CT molecular complexity index is 819. The highest BCUT2D eigenvalue weighted by atomic mass is 32.1. The highest BCUT2D eigenvalue weighted by molar-refractivity contribution is 7.08. The third kappa shape index (κ3) is 3.23. The number of carbonyl (C=O) groups excluding carboxylic acids is 1. The van der Waals surface area contributed by atoms with E-state index in [1.807, 2.05) is 48.5 Å². The van der Waals surface area contributed by atoms with Gasteiger partial charge in [0.2, 0.25) is 5.78 Å². The second kappa shape index (κ2) is 6.54. The summed E-state index contributed by atoms with van der Waals surface area (Å²) in [5, 5.41) is 0. The molecule has 0 aliphatic carbocycles. The van der Waals surface area contributed by atoms with Gasteiger partial charge in [0.25, 0.3) is 5.56 Å². The zero-order valence-corrected chi connectivity index (χ0v) is 12.8. The van der Waals surface area contributed by atoms with Gasteiger partial charge in [0, 0.05) is 18.2 Å². The highest BCUT2D eigenvalue weighted by Crippen LogP contribution is 2.13. The van der Waals surface area contributed by atoms with Crippen molar-refractivity contribution in [3.63, 3.8) is 0 Å². The first kappa shape index (κ1) is 14.5. The van der Waals surface area contributed by atoms with Crippen molar-refractivity contribution in [3.8, 4) is 0 Å². The molecular formula is C18H15NO2S. The van der Waals surface area contributed by atoms with Gasteiger partial charge in [0.1, 0.15) is 0 Å². The van der Waals surface area contributed by atoms with E-state index in [9.17, 15) is 9.59 Å². The Balaban J connectivity index is 1.77. The van der Waals surface area contributed by atoms with Crippen LogP contribution in [0.2, 0.25) is 0 Å². The van der Waals surface area contributed by atoms with E-state index in [0.717, 1.165) is 6.42 Å². The molecular weight excluding hydrogens is 294 g/mol. The molecule has 0 fully saturated rings. The van der Waals surface area contributed by atoms with Crippen molar-refractivity contribution >= 4 is 17.3 Å². The minimum atomic E-state index is -0.111. The molecule has 0 atom stereocenters. The number of carbonyl (C=O) groups is 1. The number of benzene rings is 2. The van der Waals surface area contributed by atoms with Crippen LogP contribution in [0.25, 0.3) is 0 Å². The van der Waals surface area contributed by atoms with Gasteiger partial charge < -0.3 is 0 Å². The van der Waals surface area contributed by atoms with Gasteiger partial charge in [-0.05, 0) is 12.0 Å². The molecule has 110 valence electrons. The molecule has 3 rings (SSSR count). The van der Waals surface area contributed by atoms with Gasteiger partial charge in [-0.3, -0.25) is 13.5 Å². The summed E-state index contributed by atoms with van der Waals surface area (Å²) in [4.78, 5) is 24.9. The molecule has 1 heterocycles. The van der Waals surface area contributed by atoms with Crippen LogP contribution >= 0.6 is 11.5 Å². The number of ketones is 1. The predicted molar refractivity (Wildman–Crippen MR) is 88.6 cm³/mol. The molecule has 0 amide bonds. The van der Waals surface area contributed by atoms with Crippen molar-refractivity contribution in [2.24, 2.45) is 0 Å². The van der Waals surface area contributed by atoms with E-state index in [1.54, 1.807) is 16.1 Å². The van der Waals surface area contributed by atoms with Crippen LogP contribution in [-0.2, 0) is 13.0 Å². The summed E-state index contributed by atoms with van der Waals surface area (Å²) in [7, 11) is 0. The summed E-state index contributed by atoms with van der Waals surface area (Å²) in [6.07, 6.45) is 0.778. The van der Waals surface area contributed by atoms with E-state index in [2.05, 4.69) is 0 Å². The molecule has 0 unspecified atom stereocenters. The van der Waals surface area contributed by atoms with Gasteiger partial charge in [-0.15, -0.1) is 0 Å². The highest BCUT2D eigenvalue weighted by Gasteiger charge is 2.13. The molecule has 0 N–H and O–H groups in total. The Kier molecular flexibility index (Phi) is 4.30. The first-order valence-electron chi connectivity index (χ1n) is 7.09.